The molecule has 41 heavy (non-hydrogen) atoms. The molecule has 0 N–H and O–H groups in total. The Morgan fingerprint density at radius 2 is 1.59 bits per heavy atom. The largest absolute Gasteiger partial charge is 0.414 e. The summed E-state index contributed by atoms with van der Waals surface area (Å²) in [6.45, 7) is 27.1. The molecule has 0 radical (unpaired) electrons. The van der Waals surface area contributed by atoms with Crippen LogP contribution in [0.5, 0.6) is 0 Å². The van der Waals surface area contributed by atoms with E-state index in [-0.39, 0.29) is 40.7 Å². The van der Waals surface area contributed by atoms with Gasteiger partial charge in [-0.25, -0.2) is 0 Å². The van der Waals surface area contributed by atoms with Crippen LogP contribution >= 0.6 is 7.60 Å². The third-order valence-electron chi connectivity index (χ3n) is 9.66. The minimum Gasteiger partial charge on any atom is -0.414 e. The summed E-state index contributed by atoms with van der Waals surface area (Å²) in [5, 5.41) is 0.0521. The second-order valence-corrected chi connectivity index (χ2v) is 26.4. The average molecular weight is 637 g/mol. The Balaban J connectivity index is 2.31. The van der Waals surface area contributed by atoms with Crippen molar-refractivity contribution in [2.75, 3.05) is 34.1 Å². The van der Waals surface area contributed by atoms with E-state index < -0.39 is 42.2 Å². The molecule has 12 heteroatoms. The molecule has 0 aromatic heterocycles. The maximum Gasteiger partial charge on any atom is 0.337 e. The van der Waals surface area contributed by atoms with Crippen LogP contribution in [0.1, 0.15) is 67.2 Å². The zero-order valence-corrected chi connectivity index (χ0v) is 30.8. The minimum absolute atomic E-state index is 0.0235. The Morgan fingerprint density at radius 3 is 2.07 bits per heavy atom. The molecule has 2 heterocycles. The van der Waals surface area contributed by atoms with Crippen LogP contribution in [0.2, 0.25) is 36.3 Å². The second-order valence-electron chi connectivity index (χ2n) is 14.5. The van der Waals surface area contributed by atoms with Gasteiger partial charge in [-0.2, -0.15) is 0 Å². The molecule has 0 spiro atoms. The Morgan fingerprint density at radius 1 is 1.02 bits per heavy atom. The average Bonchev–Trinajstić information content (AvgIpc) is 2.86. The molecule has 9 nitrogen and oxygen atoms in total. The molecule has 2 saturated heterocycles. The molecule has 0 bridgehead atoms. The first-order chi connectivity index (χ1) is 18.6. The van der Waals surface area contributed by atoms with E-state index in [1.807, 2.05) is 0 Å². The van der Waals surface area contributed by atoms with Crippen LogP contribution in [-0.4, -0.2) is 86.7 Å². The summed E-state index contributed by atoms with van der Waals surface area (Å²) in [6, 6.07) is 0. The predicted octanol–water partition coefficient (Wildman–Crippen LogP) is 7.08. The highest BCUT2D eigenvalue weighted by atomic mass is 31.2. The maximum atomic E-state index is 12.7. The molecule has 0 aliphatic carbocycles. The van der Waals surface area contributed by atoms with E-state index in [1.165, 1.54) is 14.2 Å². The molecule has 2 fully saturated rings. The van der Waals surface area contributed by atoms with Gasteiger partial charge < -0.3 is 32.1 Å². The molecular formula is C29H57O9PSi2. The lowest BCUT2D eigenvalue weighted by atomic mass is 9.86. The molecule has 0 aromatic rings. The van der Waals surface area contributed by atoms with Crippen LogP contribution in [0.25, 0.3) is 0 Å². The van der Waals surface area contributed by atoms with E-state index in [0.717, 1.165) is 5.57 Å². The van der Waals surface area contributed by atoms with E-state index in [4.69, 9.17) is 32.1 Å². The zero-order valence-electron chi connectivity index (χ0n) is 27.9. The summed E-state index contributed by atoms with van der Waals surface area (Å²) in [6.07, 6.45) is -0.0666. The first-order valence-corrected chi connectivity index (χ1v) is 22.2. The first kappa shape index (κ1) is 37.0. The molecule has 0 unspecified atom stereocenters. The van der Waals surface area contributed by atoms with E-state index in [2.05, 4.69) is 74.3 Å². The van der Waals surface area contributed by atoms with Crippen LogP contribution in [0.15, 0.2) is 12.2 Å². The van der Waals surface area contributed by atoms with Crippen LogP contribution in [0, 0.1) is 0 Å². The quantitative estimate of drug-likeness (QED) is 0.119. The smallest absolute Gasteiger partial charge is 0.337 e. The van der Waals surface area contributed by atoms with Gasteiger partial charge in [0.05, 0.1) is 18.8 Å². The number of methoxy groups -OCH3 is 1. The third-order valence-corrected chi connectivity index (χ3v) is 20.5. The van der Waals surface area contributed by atoms with Gasteiger partial charge in [0.1, 0.15) is 24.2 Å². The normalized spacial score (nSPS) is 28.5. The van der Waals surface area contributed by atoms with Crippen LogP contribution in [-0.2, 0) is 41.5 Å². The number of hydrogen-bond acceptors (Lipinski definition) is 9. The van der Waals surface area contributed by atoms with E-state index in [9.17, 15) is 9.36 Å². The van der Waals surface area contributed by atoms with Gasteiger partial charge in [-0.3, -0.25) is 9.36 Å². The number of ether oxygens (including phenoxy) is 3. The summed E-state index contributed by atoms with van der Waals surface area (Å²) >= 11 is 0. The Labute approximate surface area is 251 Å². The summed E-state index contributed by atoms with van der Waals surface area (Å²) in [5.41, 5.74) is 0.818. The SMILES string of the molecule is C=C1[C@@H](O[Si](C)(C)C(C)(C)C)[C@@H]2O[C@@](CCC(=O)CP(=O)(OC)OC)(OC)CC[C@H]2O[C@@H]1CO[Si](C)(C)C(C)(C)C. The molecule has 2 aliphatic rings. The first-order valence-electron chi connectivity index (χ1n) is 14.7. The van der Waals surface area contributed by atoms with Crippen molar-refractivity contribution in [2.45, 2.75) is 134 Å². The number of hydrogen-bond donors (Lipinski definition) is 0. The van der Waals surface area contributed by atoms with Crippen LogP contribution in [0.3, 0.4) is 0 Å². The fourth-order valence-corrected chi connectivity index (χ4v) is 7.82. The van der Waals surface area contributed by atoms with Gasteiger partial charge in [0.25, 0.3) is 0 Å². The van der Waals surface area contributed by atoms with E-state index >= 15 is 0 Å². The Hall–Kier alpha value is -0.206. The highest BCUT2D eigenvalue weighted by Crippen LogP contribution is 2.48. The number of carbonyl (C=O) groups is 1. The lowest BCUT2D eigenvalue weighted by Crippen LogP contribution is -2.62. The van der Waals surface area contributed by atoms with Gasteiger partial charge in [0, 0.05) is 40.6 Å². The molecule has 240 valence electrons. The molecule has 5 atom stereocenters. The Bertz CT molecular complexity index is 964. The van der Waals surface area contributed by atoms with Gasteiger partial charge in [-0.1, -0.05) is 48.1 Å². The number of carbonyl (C=O) groups excluding carboxylic acids is 1. The highest BCUT2D eigenvalue weighted by molar-refractivity contribution is 7.54. The van der Waals surface area contributed by atoms with Crippen molar-refractivity contribution in [3.8, 4) is 0 Å². The van der Waals surface area contributed by atoms with Crippen molar-refractivity contribution in [2.24, 2.45) is 0 Å². The van der Waals surface area contributed by atoms with Crippen molar-refractivity contribution in [1.82, 2.24) is 0 Å². The van der Waals surface area contributed by atoms with E-state index in [1.54, 1.807) is 7.11 Å². The highest BCUT2D eigenvalue weighted by Gasteiger charge is 2.54. The number of fused-ring (bicyclic) bond motifs is 1. The van der Waals surface area contributed by atoms with Crippen LogP contribution in [0.4, 0.5) is 0 Å². The minimum atomic E-state index is -3.44. The fraction of sp³-hybridized carbons (Fsp3) is 0.897. The predicted molar refractivity (Wildman–Crippen MR) is 168 cm³/mol. The van der Waals surface area contributed by atoms with Gasteiger partial charge in [0.15, 0.2) is 22.4 Å². The summed E-state index contributed by atoms with van der Waals surface area (Å²) < 4.78 is 55.2. The second kappa shape index (κ2) is 13.4. The fourth-order valence-electron chi connectivity index (χ4n) is 4.55. The monoisotopic (exact) mass is 636 g/mol. The van der Waals surface area contributed by atoms with Crippen molar-refractivity contribution in [1.29, 1.82) is 0 Å². The van der Waals surface area contributed by atoms with Gasteiger partial charge in [-0.05, 0) is 48.3 Å². The lowest BCUT2D eigenvalue weighted by Gasteiger charge is -2.53. The number of Topliss-reactive ketones (excluding diaryl/α,β-unsaturated/α-hetero) is 1. The molecule has 0 amide bonds. The standard InChI is InChI=1S/C29H57O9PSi2/c1-21-24(19-35-40(11,12)27(2,3)4)36-23-16-18-29(32-8,17-15-22(30)20-39(31,33-9)34-10)37-26(23)25(21)38-41(13,14)28(5,6)7/h23-26H,1,15-20H2,2-14H3/t23-,24-,25-,26-,29-/m1/s1. The van der Waals surface area contributed by atoms with Gasteiger partial charge in [0.2, 0.25) is 0 Å². The maximum absolute atomic E-state index is 12.7. The van der Waals surface area contributed by atoms with Crippen molar-refractivity contribution < 1.29 is 41.5 Å². The molecule has 0 saturated carbocycles. The van der Waals surface area contributed by atoms with Crippen molar-refractivity contribution in [3.05, 3.63) is 12.2 Å². The van der Waals surface area contributed by atoms with E-state index in [0.29, 0.717) is 25.9 Å². The molecule has 0 aromatic carbocycles. The number of ketones is 1. The molecular weight excluding hydrogens is 579 g/mol. The summed E-state index contributed by atoms with van der Waals surface area (Å²) in [5.74, 6) is -1.25. The lowest BCUT2D eigenvalue weighted by molar-refractivity contribution is -0.319. The van der Waals surface area contributed by atoms with Crippen molar-refractivity contribution in [3.63, 3.8) is 0 Å². The number of rotatable bonds is 13. The molecule has 2 aliphatic heterocycles. The van der Waals surface area contributed by atoms with Crippen molar-refractivity contribution >= 4 is 30.0 Å². The topological polar surface area (TPSA) is 98.8 Å². The zero-order chi connectivity index (χ0) is 31.7. The molecule has 2 rings (SSSR count). The van der Waals surface area contributed by atoms with Crippen LogP contribution < -0.4 is 0 Å². The summed E-state index contributed by atoms with van der Waals surface area (Å²) in [4.78, 5) is 12.7. The summed E-state index contributed by atoms with van der Waals surface area (Å²) in [7, 11) is -3.54. The Kier molecular flexibility index (Phi) is 12.1. The van der Waals surface area contributed by atoms with Gasteiger partial charge >= 0.3 is 7.60 Å². The third kappa shape index (κ3) is 8.93. The van der Waals surface area contributed by atoms with Gasteiger partial charge in [-0.15, -0.1) is 0 Å².